The molecule has 0 aliphatic heterocycles. The van der Waals surface area contributed by atoms with Gasteiger partial charge in [0.2, 0.25) is 59.1 Å². The van der Waals surface area contributed by atoms with Crippen LogP contribution in [-0.4, -0.2) is 144 Å². The smallest absolute Gasteiger partial charge is 0.308 e. The molecule has 0 saturated carbocycles. The van der Waals surface area contributed by atoms with Crippen LogP contribution in [0, 0.1) is 36.5 Å². The molecular formula is C92H112N10O18. The number of carbonyl (C=O) groups is 14. The number of ether oxygens (including phenoxy) is 4. The number of esters is 4. The number of unbranched alkanes of at least 4 members (excludes halogenated alkanes) is 5. The van der Waals surface area contributed by atoms with Crippen molar-refractivity contribution in [1.29, 1.82) is 0 Å². The lowest BCUT2D eigenvalue weighted by molar-refractivity contribution is -0.149. The number of terminal acetylenes is 2. The lowest BCUT2D eigenvalue weighted by Gasteiger charge is -2.27. The van der Waals surface area contributed by atoms with E-state index in [1.165, 1.54) is 0 Å². The van der Waals surface area contributed by atoms with E-state index in [1.54, 1.807) is 196 Å². The molecule has 0 aromatic heterocycles. The summed E-state index contributed by atoms with van der Waals surface area (Å²) < 4.78 is 22.2. The quantitative estimate of drug-likeness (QED) is 0.00770. The van der Waals surface area contributed by atoms with E-state index in [2.05, 4.69) is 65.0 Å². The third-order valence-electron chi connectivity index (χ3n) is 18.7. The van der Waals surface area contributed by atoms with Crippen molar-refractivity contribution in [3.8, 4) is 24.7 Å². The standard InChI is InChI=1S/C92H112N10O18/c1-7-9-19-47-79(103)95-71(51-63(3)4)87(111)98-74(54-66-37-23-14-24-38-66)90(114)102-78(58-84(108)120-62-70-45-31-18-32-46-70)92(116)100-76(56-82(106)118-60-68-41-27-16-28-42-68)86(110)94-50-34-12-11-33-49-93-85(109)75(55-81(105)117-59-67-39-25-15-26-40-67)99-91(115)77(57-83(107)119-61-69-43-29-17-30-44-69)101-88(112)72(52-64(5)6)97-89(113)73(53-65-35-21-13-22-36-65)96-80(104)48-20-10-8-2/h1-2,13-18,21-32,35-46,63-64,71-78H,9-12,19-20,33-34,47-62H2,3-6H3,(H,93,109)(H,94,110)(H,95,103)(H,96,104)(H,97,113)(H,98,111)(H,99,115)(H,100,116)(H,101,112)(H,102,114)/t71-,72+,73-,74+,75+,76+,77-,78-/m1/s1. The van der Waals surface area contributed by atoms with E-state index in [4.69, 9.17) is 31.8 Å². The number of rotatable bonds is 53. The Morgan fingerprint density at radius 2 is 0.517 bits per heavy atom. The summed E-state index contributed by atoms with van der Waals surface area (Å²) in [6.07, 6.45) is 10.9. The van der Waals surface area contributed by atoms with Crippen LogP contribution in [0.4, 0.5) is 0 Å². The molecule has 0 radical (unpaired) electrons. The monoisotopic (exact) mass is 1640 g/mol. The molecule has 28 heteroatoms. The molecule has 10 amide bonds. The number of hydrogen-bond donors (Lipinski definition) is 10. The third-order valence-corrected chi connectivity index (χ3v) is 18.7. The van der Waals surface area contributed by atoms with Gasteiger partial charge in [-0.15, -0.1) is 24.7 Å². The highest BCUT2D eigenvalue weighted by molar-refractivity contribution is 6.00. The van der Waals surface area contributed by atoms with Gasteiger partial charge in [0.25, 0.3) is 0 Å². The molecule has 10 N–H and O–H groups in total. The number of hydrogen-bond acceptors (Lipinski definition) is 18. The number of benzene rings is 6. The fourth-order valence-corrected chi connectivity index (χ4v) is 12.4. The normalized spacial score (nSPS) is 12.8. The van der Waals surface area contributed by atoms with Crippen molar-refractivity contribution in [3.05, 3.63) is 215 Å². The van der Waals surface area contributed by atoms with E-state index in [0.717, 1.165) is 0 Å². The molecule has 0 bridgehead atoms. The summed E-state index contributed by atoms with van der Waals surface area (Å²) in [4.78, 5) is 197. The Balaban J connectivity index is 1.17. The minimum Gasteiger partial charge on any atom is -0.461 e. The first kappa shape index (κ1) is 95.9. The second kappa shape index (κ2) is 54.1. The Kier molecular flexibility index (Phi) is 43.2. The van der Waals surface area contributed by atoms with Gasteiger partial charge in [-0.1, -0.05) is 223 Å². The van der Waals surface area contributed by atoms with Crippen LogP contribution in [0.25, 0.3) is 0 Å². The van der Waals surface area contributed by atoms with Crippen molar-refractivity contribution >= 4 is 82.9 Å². The van der Waals surface area contributed by atoms with E-state index in [1.807, 2.05) is 13.8 Å². The highest BCUT2D eigenvalue weighted by atomic mass is 16.5. The highest BCUT2D eigenvalue weighted by Gasteiger charge is 2.37. The van der Waals surface area contributed by atoms with E-state index in [-0.39, 0.29) is 89.9 Å². The first-order valence-electron chi connectivity index (χ1n) is 40.5. The topological polar surface area (TPSA) is 396 Å². The maximum Gasteiger partial charge on any atom is 0.308 e. The highest BCUT2D eigenvalue weighted by Crippen LogP contribution is 2.17. The van der Waals surface area contributed by atoms with Crippen LogP contribution in [0.5, 0.6) is 0 Å². The van der Waals surface area contributed by atoms with Gasteiger partial charge in [-0.2, -0.15) is 0 Å². The summed E-state index contributed by atoms with van der Waals surface area (Å²) >= 11 is 0. The molecule has 120 heavy (non-hydrogen) atoms. The summed E-state index contributed by atoms with van der Waals surface area (Å²) in [7, 11) is 0. The van der Waals surface area contributed by atoms with Crippen molar-refractivity contribution in [2.24, 2.45) is 11.8 Å². The Labute approximate surface area is 701 Å². The zero-order chi connectivity index (χ0) is 86.8. The molecule has 0 aliphatic rings. The second-order valence-electron chi connectivity index (χ2n) is 29.8. The molecule has 0 aliphatic carbocycles. The Bertz CT molecular complexity index is 4360. The lowest BCUT2D eigenvalue weighted by Crippen LogP contribution is -2.59. The van der Waals surface area contributed by atoms with Crippen LogP contribution in [0.3, 0.4) is 0 Å². The van der Waals surface area contributed by atoms with Crippen LogP contribution in [-0.2, 0) is 125 Å². The van der Waals surface area contributed by atoms with Crippen LogP contribution in [0.15, 0.2) is 182 Å². The zero-order valence-electron chi connectivity index (χ0n) is 68.6. The molecule has 6 aromatic rings. The molecule has 0 unspecified atom stereocenters. The van der Waals surface area contributed by atoms with Crippen molar-refractivity contribution in [1.82, 2.24) is 53.2 Å². The number of amides is 10. The summed E-state index contributed by atoms with van der Waals surface area (Å²) in [6, 6.07) is 40.2. The van der Waals surface area contributed by atoms with Gasteiger partial charge in [-0.25, -0.2) is 0 Å². The molecule has 0 heterocycles. The molecule has 6 rings (SSSR count). The van der Waals surface area contributed by atoms with Gasteiger partial charge in [0.15, 0.2) is 0 Å². The lowest BCUT2D eigenvalue weighted by atomic mass is 10.00. The molecule has 0 fully saturated rings. The first-order chi connectivity index (χ1) is 57.8. The van der Waals surface area contributed by atoms with Gasteiger partial charge in [0.1, 0.15) is 74.8 Å². The van der Waals surface area contributed by atoms with Gasteiger partial charge in [-0.05, 0) is 83.7 Å². The Hall–Kier alpha value is -13.0. The largest absolute Gasteiger partial charge is 0.461 e. The minimum atomic E-state index is -1.79. The van der Waals surface area contributed by atoms with E-state index in [9.17, 15) is 67.1 Å². The third kappa shape index (κ3) is 38.4. The van der Waals surface area contributed by atoms with Crippen molar-refractivity contribution in [3.63, 3.8) is 0 Å². The van der Waals surface area contributed by atoms with Crippen molar-refractivity contribution in [2.45, 2.75) is 218 Å². The van der Waals surface area contributed by atoms with Gasteiger partial charge in [0.05, 0.1) is 25.7 Å². The molecule has 6 aromatic carbocycles. The van der Waals surface area contributed by atoms with Crippen molar-refractivity contribution in [2.75, 3.05) is 13.1 Å². The first-order valence-corrected chi connectivity index (χ1v) is 40.5. The van der Waals surface area contributed by atoms with E-state index in [0.29, 0.717) is 84.7 Å². The minimum absolute atomic E-state index is 0.0169. The summed E-state index contributed by atoms with van der Waals surface area (Å²) in [5, 5.41) is 26.8. The predicted molar refractivity (Wildman–Crippen MR) is 448 cm³/mol. The van der Waals surface area contributed by atoms with Crippen LogP contribution >= 0.6 is 0 Å². The molecule has 638 valence electrons. The number of nitrogens with one attached hydrogen (secondary N) is 10. The molecule has 0 saturated heterocycles. The summed E-state index contributed by atoms with van der Waals surface area (Å²) in [5.74, 6) is -7.05. The van der Waals surface area contributed by atoms with Crippen molar-refractivity contribution < 1.29 is 86.1 Å². The molecule has 28 nitrogen and oxygen atoms in total. The average Bonchev–Trinajstić information content (AvgIpc) is 0.854. The van der Waals surface area contributed by atoms with E-state index < -0.39 is 157 Å². The second-order valence-corrected chi connectivity index (χ2v) is 29.8. The molecule has 0 spiro atoms. The molecular weight excluding hydrogens is 1530 g/mol. The van der Waals surface area contributed by atoms with Gasteiger partial charge in [-0.3, -0.25) is 67.1 Å². The van der Waals surface area contributed by atoms with Gasteiger partial charge >= 0.3 is 23.9 Å². The predicted octanol–water partition coefficient (Wildman–Crippen LogP) is 7.38. The average molecular weight is 1650 g/mol. The number of carbonyl (C=O) groups excluding carboxylic acids is 14. The Morgan fingerprint density at radius 1 is 0.283 bits per heavy atom. The fourth-order valence-electron chi connectivity index (χ4n) is 12.4. The van der Waals surface area contributed by atoms with E-state index >= 15 is 0 Å². The zero-order valence-corrected chi connectivity index (χ0v) is 68.6. The van der Waals surface area contributed by atoms with Gasteiger partial charge < -0.3 is 72.1 Å². The summed E-state index contributed by atoms with van der Waals surface area (Å²) in [5.41, 5.74) is 3.76. The maximum absolute atomic E-state index is 14.8. The van der Waals surface area contributed by atoms with Crippen LogP contribution in [0.2, 0.25) is 0 Å². The van der Waals surface area contributed by atoms with Crippen LogP contribution < -0.4 is 53.2 Å². The molecule has 8 atom stereocenters. The maximum atomic E-state index is 14.8. The van der Waals surface area contributed by atoms with Gasteiger partial charge in [0, 0.05) is 51.6 Å². The van der Waals surface area contributed by atoms with Crippen LogP contribution in [0.1, 0.15) is 164 Å². The Morgan fingerprint density at radius 3 is 0.808 bits per heavy atom. The summed E-state index contributed by atoms with van der Waals surface area (Å²) in [6.45, 7) is 6.46. The SMILES string of the molecule is C#CCCCC(=O)N[C@H](Cc1ccccc1)C(=O)N[C@@H](CC(C)C)C(=O)N[C@H](CC(=O)OCc1ccccc1)C(=O)N[C@@H](CC(=O)OCc1ccccc1)C(=O)NCCCCCCNC(=O)[C@H](CC(=O)OCc1ccccc1)NC(=O)[C@@H](CC(=O)OCc1ccccc1)NC(=O)[C@H](Cc1ccccc1)NC(=O)[C@@H](CC(C)C)NC(=O)CCCC#C. The fraction of sp³-hybridized carbons (Fsp3) is 0.413.